The molecule has 0 aliphatic rings. The summed E-state index contributed by atoms with van der Waals surface area (Å²) in [7, 11) is 0. The second-order valence-electron chi connectivity index (χ2n) is 7.71. The van der Waals surface area contributed by atoms with Crippen LogP contribution in [0.1, 0.15) is 35.3 Å². The second kappa shape index (κ2) is 10.6. The topological polar surface area (TPSA) is 104 Å². The number of anilines is 1. The van der Waals surface area contributed by atoms with Crippen molar-refractivity contribution in [3.8, 4) is 17.7 Å². The number of carbonyl (C=O) groups is 2. The summed E-state index contributed by atoms with van der Waals surface area (Å²) in [6.45, 7) is 5.51. The first-order chi connectivity index (χ1) is 15.8. The van der Waals surface area contributed by atoms with Crippen molar-refractivity contribution in [2.24, 2.45) is 5.92 Å². The number of benzene rings is 2. The Morgan fingerprint density at radius 1 is 1.12 bits per heavy atom. The maximum atomic E-state index is 13.0. The van der Waals surface area contributed by atoms with Crippen molar-refractivity contribution in [2.75, 3.05) is 5.32 Å². The smallest absolute Gasteiger partial charge is 0.253 e. The van der Waals surface area contributed by atoms with Crippen LogP contribution in [0.15, 0.2) is 60.8 Å². The van der Waals surface area contributed by atoms with Crippen molar-refractivity contribution in [3.05, 3.63) is 82.5 Å². The zero-order chi connectivity index (χ0) is 24.0. The lowest BCUT2D eigenvalue weighted by molar-refractivity contribution is -0.118. The Bertz CT molecular complexity index is 1220. The van der Waals surface area contributed by atoms with Crippen LogP contribution in [0.5, 0.6) is 11.6 Å². The van der Waals surface area contributed by atoms with E-state index in [1.165, 1.54) is 0 Å². The Labute approximate surface area is 197 Å². The van der Waals surface area contributed by atoms with Gasteiger partial charge in [-0.25, -0.2) is 4.98 Å². The second-order valence-corrected chi connectivity index (χ2v) is 8.12. The predicted octanol–water partition coefficient (Wildman–Crippen LogP) is 5.10. The molecule has 0 radical (unpaired) electrons. The molecule has 0 saturated carbocycles. The number of hydrogen-bond donors (Lipinski definition) is 2. The van der Waals surface area contributed by atoms with Gasteiger partial charge in [0.25, 0.3) is 5.91 Å². The SMILES string of the molecule is Cc1cc(Oc2ncccc2C#N)ccc1NC(=O)C(NC(=O)c1ccccc1Cl)C(C)C. The van der Waals surface area contributed by atoms with Gasteiger partial charge in [-0.1, -0.05) is 37.6 Å². The molecule has 8 heteroatoms. The number of amides is 2. The van der Waals surface area contributed by atoms with Crippen LogP contribution >= 0.6 is 11.6 Å². The number of rotatable bonds is 7. The van der Waals surface area contributed by atoms with Gasteiger partial charge in [-0.2, -0.15) is 5.26 Å². The zero-order valence-electron chi connectivity index (χ0n) is 18.4. The number of aromatic nitrogens is 1. The molecule has 3 rings (SSSR count). The lowest BCUT2D eigenvalue weighted by Gasteiger charge is -2.22. The summed E-state index contributed by atoms with van der Waals surface area (Å²) in [6.07, 6.45) is 1.54. The normalized spacial score (nSPS) is 11.4. The number of carbonyl (C=O) groups excluding carboxylic acids is 2. The third-order valence-electron chi connectivity index (χ3n) is 4.92. The number of pyridine rings is 1. The Morgan fingerprint density at radius 2 is 1.88 bits per heavy atom. The lowest BCUT2D eigenvalue weighted by Crippen LogP contribution is -2.47. The number of nitrogens with one attached hydrogen (secondary N) is 2. The van der Waals surface area contributed by atoms with Crippen LogP contribution in [0.3, 0.4) is 0 Å². The summed E-state index contributed by atoms with van der Waals surface area (Å²) in [4.78, 5) is 29.7. The maximum absolute atomic E-state index is 13.0. The summed E-state index contributed by atoms with van der Waals surface area (Å²) in [5.74, 6) is -0.239. The molecule has 3 aromatic rings. The van der Waals surface area contributed by atoms with E-state index < -0.39 is 11.9 Å². The van der Waals surface area contributed by atoms with Crippen LogP contribution in [-0.2, 0) is 4.79 Å². The Hall–Kier alpha value is -3.89. The van der Waals surface area contributed by atoms with Crippen molar-refractivity contribution >= 4 is 29.1 Å². The molecule has 0 saturated heterocycles. The monoisotopic (exact) mass is 462 g/mol. The summed E-state index contributed by atoms with van der Waals surface area (Å²) in [5, 5.41) is 15.1. The van der Waals surface area contributed by atoms with Gasteiger partial charge >= 0.3 is 0 Å². The van der Waals surface area contributed by atoms with Crippen LogP contribution in [-0.4, -0.2) is 22.8 Å². The van der Waals surface area contributed by atoms with E-state index in [-0.39, 0.29) is 17.7 Å². The molecular weight excluding hydrogens is 440 g/mol. The van der Waals surface area contributed by atoms with Gasteiger partial charge in [0.05, 0.1) is 10.6 Å². The van der Waals surface area contributed by atoms with E-state index in [1.54, 1.807) is 60.8 Å². The molecule has 7 nitrogen and oxygen atoms in total. The standard InChI is InChI=1S/C25H23ClN4O3/c1-15(2)22(30-23(31)19-8-4-5-9-20(19)26)24(32)29-21-11-10-18(13-16(21)3)33-25-17(14-27)7-6-12-28-25/h4-13,15,22H,1-3H3,(H,29,32)(H,30,31). The number of halogens is 1. The summed E-state index contributed by atoms with van der Waals surface area (Å²) < 4.78 is 5.72. The molecule has 168 valence electrons. The molecule has 1 atom stereocenters. The van der Waals surface area contributed by atoms with Crippen LogP contribution < -0.4 is 15.4 Å². The van der Waals surface area contributed by atoms with E-state index >= 15 is 0 Å². The van der Waals surface area contributed by atoms with Crippen LogP contribution in [0, 0.1) is 24.2 Å². The average Bonchev–Trinajstić information content (AvgIpc) is 2.79. The molecule has 0 bridgehead atoms. The molecule has 0 fully saturated rings. The molecule has 0 spiro atoms. The fourth-order valence-electron chi connectivity index (χ4n) is 3.12. The quantitative estimate of drug-likeness (QED) is 0.508. The zero-order valence-corrected chi connectivity index (χ0v) is 19.2. The van der Waals surface area contributed by atoms with E-state index in [0.29, 0.717) is 27.6 Å². The maximum Gasteiger partial charge on any atom is 0.253 e. The van der Waals surface area contributed by atoms with Gasteiger partial charge in [0.15, 0.2) is 0 Å². The first-order valence-electron chi connectivity index (χ1n) is 10.3. The summed E-state index contributed by atoms with van der Waals surface area (Å²) in [6, 6.07) is 16.3. The molecule has 1 heterocycles. The molecule has 33 heavy (non-hydrogen) atoms. The van der Waals surface area contributed by atoms with Gasteiger partial charge in [-0.3, -0.25) is 9.59 Å². The highest BCUT2D eigenvalue weighted by molar-refractivity contribution is 6.33. The number of nitrogens with zero attached hydrogens (tertiary/aromatic N) is 2. The Morgan fingerprint density at radius 3 is 2.55 bits per heavy atom. The van der Waals surface area contributed by atoms with Crippen molar-refractivity contribution in [3.63, 3.8) is 0 Å². The lowest BCUT2D eigenvalue weighted by atomic mass is 10.0. The Balaban J connectivity index is 1.73. The predicted molar refractivity (Wildman–Crippen MR) is 126 cm³/mol. The van der Waals surface area contributed by atoms with E-state index in [0.717, 1.165) is 5.56 Å². The van der Waals surface area contributed by atoms with Gasteiger partial charge in [0, 0.05) is 11.9 Å². The van der Waals surface area contributed by atoms with Crippen molar-refractivity contribution in [2.45, 2.75) is 26.8 Å². The fraction of sp³-hybridized carbons (Fsp3) is 0.200. The molecular formula is C25H23ClN4O3. The van der Waals surface area contributed by atoms with E-state index in [9.17, 15) is 14.9 Å². The molecule has 1 aromatic heterocycles. The third-order valence-corrected chi connectivity index (χ3v) is 5.25. The Kier molecular flexibility index (Phi) is 7.65. The highest BCUT2D eigenvalue weighted by Crippen LogP contribution is 2.27. The van der Waals surface area contributed by atoms with Gasteiger partial charge in [0.2, 0.25) is 11.8 Å². The number of ether oxygens (including phenoxy) is 1. The summed E-state index contributed by atoms with van der Waals surface area (Å²) in [5.41, 5.74) is 1.95. The minimum Gasteiger partial charge on any atom is -0.438 e. The minimum absolute atomic E-state index is 0.159. The molecule has 0 aliphatic heterocycles. The van der Waals surface area contributed by atoms with E-state index in [4.69, 9.17) is 16.3 Å². The number of hydrogen-bond acceptors (Lipinski definition) is 5. The minimum atomic E-state index is -0.768. The van der Waals surface area contributed by atoms with E-state index in [2.05, 4.69) is 15.6 Å². The highest BCUT2D eigenvalue weighted by atomic mass is 35.5. The van der Waals surface area contributed by atoms with Crippen LogP contribution in [0.4, 0.5) is 5.69 Å². The average molecular weight is 463 g/mol. The van der Waals surface area contributed by atoms with Gasteiger partial charge in [0.1, 0.15) is 23.4 Å². The largest absolute Gasteiger partial charge is 0.438 e. The highest BCUT2D eigenvalue weighted by Gasteiger charge is 2.26. The number of nitriles is 1. The van der Waals surface area contributed by atoms with Gasteiger partial charge in [-0.05, 0) is 60.9 Å². The molecule has 2 aromatic carbocycles. The van der Waals surface area contributed by atoms with Crippen molar-refractivity contribution in [1.29, 1.82) is 5.26 Å². The fourth-order valence-corrected chi connectivity index (χ4v) is 3.34. The molecule has 0 aliphatic carbocycles. The van der Waals surface area contributed by atoms with Crippen molar-refractivity contribution in [1.82, 2.24) is 10.3 Å². The molecule has 2 N–H and O–H groups in total. The summed E-state index contributed by atoms with van der Waals surface area (Å²) >= 11 is 6.11. The van der Waals surface area contributed by atoms with E-state index in [1.807, 2.05) is 26.8 Å². The van der Waals surface area contributed by atoms with Crippen LogP contribution in [0.2, 0.25) is 5.02 Å². The first kappa shape index (κ1) is 23.8. The molecule has 1 unspecified atom stereocenters. The van der Waals surface area contributed by atoms with Gasteiger partial charge in [-0.15, -0.1) is 0 Å². The molecule has 2 amide bonds. The number of aryl methyl sites for hydroxylation is 1. The van der Waals surface area contributed by atoms with Crippen molar-refractivity contribution < 1.29 is 14.3 Å². The first-order valence-corrected chi connectivity index (χ1v) is 10.7. The van der Waals surface area contributed by atoms with Gasteiger partial charge < -0.3 is 15.4 Å². The third kappa shape index (κ3) is 5.88. The van der Waals surface area contributed by atoms with Crippen LogP contribution in [0.25, 0.3) is 0 Å².